The Balaban J connectivity index is 1.65. The normalized spacial score (nSPS) is 13.1. The summed E-state index contributed by atoms with van der Waals surface area (Å²) >= 11 is 0. The molecule has 8 N–H and O–H groups in total. The largest absolute Gasteiger partial charge is 0.343 e. The van der Waals surface area contributed by atoms with Crippen molar-refractivity contribution >= 4 is 34.3 Å². The van der Waals surface area contributed by atoms with E-state index in [1.807, 2.05) is 65.6 Å². The van der Waals surface area contributed by atoms with E-state index in [0.29, 0.717) is 53.7 Å². The Morgan fingerprint density at radius 2 is 1.42 bits per heavy atom. The molecule has 0 spiro atoms. The van der Waals surface area contributed by atoms with Crippen LogP contribution >= 0.6 is 0 Å². The third-order valence-electron chi connectivity index (χ3n) is 8.83. The maximum atomic E-state index is 13.5. The molecule has 0 aliphatic carbocycles. The van der Waals surface area contributed by atoms with Gasteiger partial charge < -0.3 is 41.7 Å². The molecule has 1 heterocycles. The molecule has 3 rings (SSSR count). The molecule has 0 unspecified atom stereocenters. The van der Waals surface area contributed by atoms with Gasteiger partial charge in [-0.05, 0) is 37.0 Å². The summed E-state index contributed by atoms with van der Waals surface area (Å²) in [7, 11) is 8.41. The number of nitrogens with one attached hydrogen (secondary N) is 2. The number of hydrogen-bond acceptors (Lipinski definition) is 7. The van der Waals surface area contributed by atoms with Gasteiger partial charge in [0.15, 0.2) is 0 Å². The van der Waals surface area contributed by atoms with Crippen molar-refractivity contribution in [1.29, 1.82) is 0 Å². The average molecular weight is 664 g/mol. The molecule has 0 saturated carbocycles. The predicted molar refractivity (Wildman–Crippen MR) is 193 cm³/mol. The number of amides is 3. The number of aryl methyl sites for hydroxylation is 1. The molecule has 2 atom stereocenters. The number of nitrogens with two attached hydrogens (primary N) is 3. The van der Waals surface area contributed by atoms with Crippen LogP contribution in [0.15, 0.2) is 66.9 Å². The number of anilines is 1. The van der Waals surface area contributed by atoms with E-state index in [4.69, 9.17) is 17.2 Å². The molecule has 3 amide bonds. The van der Waals surface area contributed by atoms with Gasteiger partial charge in [-0.25, -0.2) is 0 Å². The predicted octanol–water partition coefficient (Wildman–Crippen LogP) is 1.30. The fourth-order valence-electron chi connectivity index (χ4n) is 5.51. The molecule has 2 aromatic carbocycles. The number of rotatable bonds is 20. The van der Waals surface area contributed by atoms with Crippen LogP contribution in [0.2, 0.25) is 0 Å². The second kappa shape index (κ2) is 18.6. The van der Waals surface area contributed by atoms with Gasteiger partial charge >= 0.3 is 0 Å². The number of fused-ring (bicyclic) bond motifs is 1. The van der Waals surface area contributed by atoms with E-state index >= 15 is 0 Å². The monoisotopic (exact) mass is 663 g/mol. The van der Waals surface area contributed by atoms with E-state index in [9.17, 15) is 14.4 Å². The number of likely N-dealkylation sites (N-methyl/N-ethyl adjacent to an activating group) is 2. The fourth-order valence-corrected chi connectivity index (χ4v) is 5.51. The number of para-hydroxylation sites is 1. The molecule has 0 bridgehead atoms. The zero-order valence-corrected chi connectivity index (χ0v) is 29.2. The highest BCUT2D eigenvalue weighted by Crippen LogP contribution is 2.17. The van der Waals surface area contributed by atoms with E-state index in [2.05, 4.69) is 43.8 Å². The smallest absolute Gasteiger partial charge is 0.247 e. The summed E-state index contributed by atoms with van der Waals surface area (Å²) in [6.45, 7) is 5.39. The van der Waals surface area contributed by atoms with Gasteiger partial charge in [-0.2, -0.15) is 0 Å². The summed E-state index contributed by atoms with van der Waals surface area (Å²) in [4.78, 5) is 46.7. The van der Waals surface area contributed by atoms with Crippen molar-refractivity contribution in [1.82, 2.24) is 15.2 Å². The molecule has 262 valence electrons. The van der Waals surface area contributed by atoms with Gasteiger partial charge in [0, 0.05) is 24.9 Å². The van der Waals surface area contributed by atoms with E-state index < -0.39 is 18.0 Å². The van der Waals surface area contributed by atoms with Crippen LogP contribution < -0.4 is 27.8 Å². The third kappa shape index (κ3) is 12.9. The molecular formula is C36H57N9O3+2. The van der Waals surface area contributed by atoms with Crippen molar-refractivity contribution in [2.75, 3.05) is 85.9 Å². The van der Waals surface area contributed by atoms with Crippen LogP contribution in [0.1, 0.15) is 24.8 Å². The molecule has 0 fully saturated rings. The lowest BCUT2D eigenvalue weighted by Gasteiger charge is -2.35. The highest BCUT2D eigenvalue weighted by atomic mass is 16.2. The second-order valence-corrected chi connectivity index (χ2v) is 13.9. The van der Waals surface area contributed by atoms with Crippen LogP contribution in [0.4, 0.5) is 5.69 Å². The lowest BCUT2D eigenvalue weighted by molar-refractivity contribution is -0.890. The molecular weight excluding hydrogens is 606 g/mol. The zero-order chi connectivity index (χ0) is 35.2. The number of benzene rings is 2. The quantitative estimate of drug-likeness (QED) is 0.114. The Kier molecular flexibility index (Phi) is 14.9. The fraction of sp³-hybridized carbons (Fsp3) is 0.500. The van der Waals surface area contributed by atoms with Gasteiger partial charge in [0.2, 0.25) is 17.7 Å². The van der Waals surface area contributed by atoms with Gasteiger partial charge in [0.1, 0.15) is 6.04 Å². The first-order valence-corrected chi connectivity index (χ1v) is 16.9. The number of carbonyl (C=O) groups excluding carboxylic acids is 3. The maximum Gasteiger partial charge on any atom is 0.247 e. The Labute approximate surface area is 285 Å². The first-order valence-electron chi connectivity index (χ1n) is 16.9. The number of aromatic nitrogens is 1. The molecule has 48 heavy (non-hydrogen) atoms. The molecule has 0 aliphatic rings. The van der Waals surface area contributed by atoms with Crippen LogP contribution in [0, 0.1) is 0 Å². The molecule has 0 saturated heterocycles. The molecule has 0 radical (unpaired) electrons. The van der Waals surface area contributed by atoms with Gasteiger partial charge in [0.25, 0.3) is 0 Å². The van der Waals surface area contributed by atoms with Gasteiger partial charge in [-0.1, -0.05) is 48.5 Å². The van der Waals surface area contributed by atoms with Crippen molar-refractivity contribution < 1.29 is 23.3 Å². The van der Waals surface area contributed by atoms with Gasteiger partial charge in [-0.15, -0.1) is 0 Å². The first kappa shape index (κ1) is 38.5. The van der Waals surface area contributed by atoms with Crippen molar-refractivity contribution in [2.45, 2.75) is 37.8 Å². The van der Waals surface area contributed by atoms with Crippen LogP contribution in [-0.4, -0.2) is 129 Å². The number of pyridine rings is 1. The minimum atomic E-state index is -0.959. The van der Waals surface area contributed by atoms with E-state index in [0.717, 1.165) is 42.6 Å². The van der Waals surface area contributed by atoms with Crippen LogP contribution in [0.3, 0.4) is 0 Å². The SMILES string of the molecule is C[N+](C)(CCN)CCN(CC[N+](C)(C)CCN)C(=O)CC[C@H](N)C(=O)N[C@@H](CCc1ccccc1)C(=O)Nc1cnc2ccccc2c1. The van der Waals surface area contributed by atoms with Crippen molar-refractivity contribution in [3.05, 3.63) is 72.4 Å². The molecule has 3 aromatic rings. The Bertz CT molecular complexity index is 1440. The lowest BCUT2D eigenvalue weighted by Crippen LogP contribution is -2.53. The van der Waals surface area contributed by atoms with Crippen molar-refractivity contribution in [3.8, 4) is 0 Å². The molecule has 1 aromatic heterocycles. The number of nitrogens with zero attached hydrogens (tertiary/aromatic N) is 4. The van der Waals surface area contributed by atoms with Crippen molar-refractivity contribution in [3.63, 3.8) is 0 Å². The van der Waals surface area contributed by atoms with E-state index in [1.165, 1.54) is 0 Å². The molecule has 12 nitrogen and oxygen atoms in total. The highest BCUT2D eigenvalue weighted by Gasteiger charge is 2.27. The standard InChI is InChI=1S/C36H55N9O3/c1-44(2,22-18-37)24-20-43(21-25-45(3,4)23-19-38)34(46)17-15-31(39)35(47)42-33(16-14-28-10-6-5-7-11-28)36(48)41-30-26-29-12-8-9-13-32(29)40-27-30/h5-13,26-27,31,33H,14-25,37-39H2,1-4H3/p+2/t31-,33-/m0/s1. The average Bonchev–Trinajstić information content (AvgIpc) is 3.05. The summed E-state index contributed by atoms with van der Waals surface area (Å²) in [5, 5.41) is 6.67. The Hall–Kier alpha value is -3.94. The number of hydrogen-bond donors (Lipinski definition) is 5. The Morgan fingerprint density at radius 3 is 2.04 bits per heavy atom. The van der Waals surface area contributed by atoms with Gasteiger partial charge in [0.05, 0.1) is 90.9 Å². The summed E-state index contributed by atoms with van der Waals surface area (Å²) in [5.41, 5.74) is 20.4. The number of carbonyl (C=O) groups is 3. The van der Waals surface area contributed by atoms with Crippen LogP contribution in [0.5, 0.6) is 0 Å². The number of quaternary nitrogens is 2. The molecule has 12 heteroatoms. The van der Waals surface area contributed by atoms with Crippen LogP contribution in [0.25, 0.3) is 10.9 Å². The Morgan fingerprint density at radius 1 is 0.812 bits per heavy atom. The summed E-state index contributed by atoms with van der Waals surface area (Å²) in [6.07, 6.45) is 2.83. The highest BCUT2D eigenvalue weighted by molar-refractivity contribution is 5.99. The summed E-state index contributed by atoms with van der Waals surface area (Å²) < 4.78 is 1.40. The maximum absolute atomic E-state index is 13.5. The third-order valence-corrected chi connectivity index (χ3v) is 8.83. The second-order valence-electron chi connectivity index (χ2n) is 13.9. The zero-order valence-electron chi connectivity index (χ0n) is 29.2. The van der Waals surface area contributed by atoms with Crippen LogP contribution in [-0.2, 0) is 20.8 Å². The van der Waals surface area contributed by atoms with Crippen molar-refractivity contribution in [2.24, 2.45) is 17.2 Å². The molecule has 0 aliphatic heterocycles. The minimum absolute atomic E-state index is 0.0547. The first-order chi connectivity index (χ1) is 22.8. The lowest BCUT2D eigenvalue weighted by atomic mass is 10.0. The van der Waals surface area contributed by atoms with Gasteiger partial charge in [-0.3, -0.25) is 19.4 Å². The summed E-state index contributed by atoms with van der Waals surface area (Å²) in [5.74, 6) is -0.885. The topological polar surface area (TPSA) is 169 Å². The minimum Gasteiger partial charge on any atom is -0.343 e. The summed E-state index contributed by atoms with van der Waals surface area (Å²) in [6, 6.07) is 17.5. The van der Waals surface area contributed by atoms with E-state index in [1.54, 1.807) is 6.20 Å². The van der Waals surface area contributed by atoms with E-state index in [-0.39, 0.29) is 24.7 Å².